The van der Waals surface area contributed by atoms with Gasteiger partial charge in [-0.05, 0) is 12.1 Å². The molecule has 4 nitrogen and oxygen atoms in total. The van der Waals surface area contributed by atoms with Crippen LogP contribution in [0.4, 0.5) is 0 Å². The fourth-order valence-corrected chi connectivity index (χ4v) is 2.83. The Balaban J connectivity index is 2.18. The van der Waals surface area contributed by atoms with Crippen LogP contribution in [0.25, 0.3) is 15.5 Å². The van der Waals surface area contributed by atoms with E-state index in [2.05, 4.69) is 10.1 Å². The largest absolute Gasteiger partial charge is 0.275 e. The van der Waals surface area contributed by atoms with Gasteiger partial charge in [0.25, 0.3) is 5.56 Å². The van der Waals surface area contributed by atoms with Gasteiger partial charge in [-0.2, -0.15) is 9.61 Å². The summed E-state index contributed by atoms with van der Waals surface area (Å²) in [5, 5.41) is 5.63. The van der Waals surface area contributed by atoms with E-state index in [4.69, 9.17) is 23.2 Å². The van der Waals surface area contributed by atoms with Gasteiger partial charge in [0.1, 0.15) is 5.01 Å². The van der Waals surface area contributed by atoms with E-state index in [-0.39, 0.29) is 11.4 Å². The minimum Gasteiger partial charge on any atom is -0.267 e. The number of nitrogens with zero attached hydrogens (tertiary/aromatic N) is 3. The maximum atomic E-state index is 11.8. The average molecular weight is 312 g/mol. The smallest absolute Gasteiger partial charge is 0.267 e. The molecular formula is C12H7Cl2N3OS. The summed E-state index contributed by atoms with van der Waals surface area (Å²) in [6, 6.07) is 8.67. The lowest BCUT2D eigenvalue weighted by atomic mass is 10.2. The summed E-state index contributed by atoms with van der Waals surface area (Å²) in [6.45, 7) is 0. The Morgan fingerprint density at radius 1 is 1.26 bits per heavy atom. The van der Waals surface area contributed by atoms with E-state index in [1.54, 1.807) is 12.1 Å². The molecular weight excluding hydrogens is 305 g/mol. The Morgan fingerprint density at radius 3 is 2.68 bits per heavy atom. The lowest BCUT2D eigenvalue weighted by molar-refractivity contribution is 0.891. The summed E-state index contributed by atoms with van der Waals surface area (Å²) in [5.41, 5.74) is 1.22. The van der Waals surface area contributed by atoms with Gasteiger partial charge >= 0.3 is 0 Å². The zero-order valence-electron chi connectivity index (χ0n) is 9.51. The topological polar surface area (TPSA) is 47.3 Å². The van der Waals surface area contributed by atoms with Crippen molar-refractivity contribution >= 4 is 39.5 Å². The van der Waals surface area contributed by atoms with Crippen molar-refractivity contribution in [3.63, 3.8) is 0 Å². The molecule has 0 radical (unpaired) electrons. The zero-order chi connectivity index (χ0) is 13.4. The molecule has 0 saturated carbocycles. The molecule has 1 aromatic carbocycles. The van der Waals surface area contributed by atoms with Gasteiger partial charge in [0, 0.05) is 16.7 Å². The second kappa shape index (κ2) is 4.92. The Hall–Kier alpha value is -1.43. The molecule has 7 heteroatoms. The fraction of sp³-hybridized carbons (Fsp3) is 0.0833. The van der Waals surface area contributed by atoms with Crippen LogP contribution in [-0.2, 0) is 5.88 Å². The zero-order valence-corrected chi connectivity index (χ0v) is 11.8. The molecule has 0 bridgehead atoms. The van der Waals surface area contributed by atoms with Crippen LogP contribution in [0.2, 0.25) is 5.02 Å². The van der Waals surface area contributed by atoms with Gasteiger partial charge in [0.05, 0.1) is 11.6 Å². The van der Waals surface area contributed by atoms with Gasteiger partial charge in [0.15, 0.2) is 0 Å². The van der Waals surface area contributed by atoms with Crippen LogP contribution in [0, 0.1) is 0 Å². The molecule has 19 heavy (non-hydrogen) atoms. The highest BCUT2D eigenvalue weighted by molar-refractivity contribution is 7.19. The lowest BCUT2D eigenvalue weighted by Gasteiger charge is -1.94. The molecule has 0 atom stereocenters. The molecule has 0 spiro atoms. The maximum absolute atomic E-state index is 11.8. The third-order valence-corrected chi connectivity index (χ3v) is 4.01. The van der Waals surface area contributed by atoms with Crippen molar-refractivity contribution in [2.75, 3.05) is 0 Å². The SMILES string of the molecule is O=c1cc(CCl)nc2sc(-c3ccc(Cl)cc3)nn12. The third-order valence-electron chi connectivity index (χ3n) is 2.53. The first-order chi connectivity index (χ1) is 9.17. The molecule has 3 aromatic rings. The molecule has 96 valence electrons. The summed E-state index contributed by atoms with van der Waals surface area (Å²) in [5.74, 6) is 0.208. The van der Waals surface area contributed by atoms with Crippen LogP contribution in [0.5, 0.6) is 0 Å². The molecule has 0 amide bonds. The number of halogens is 2. The summed E-state index contributed by atoms with van der Waals surface area (Å²) in [6.07, 6.45) is 0. The highest BCUT2D eigenvalue weighted by Crippen LogP contribution is 2.25. The quantitative estimate of drug-likeness (QED) is 0.683. The molecule has 2 aromatic heterocycles. The second-order valence-corrected chi connectivity index (χ2v) is 5.49. The predicted octanol–water partition coefficient (Wildman–Crippen LogP) is 3.21. The van der Waals surface area contributed by atoms with Crippen LogP contribution in [-0.4, -0.2) is 14.6 Å². The molecule has 0 aliphatic rings. The Morgan fingerprint density at radius 2 is 2.00 bits per heavy atom. The summed E-state index contributed by atoms with van der Waals surface area (Å²) >= 11 is 12.9. The van der Waals surface area contributed by atoms with E-state index >= 15 is 0 Å². The van der Waals surface area contributed by atoms with Gasteiger partial charge in [-0.3, -0.25) is 4.79 Å². The van der Waals surface area contributed by atoms with Crippen molar-refractivity contribution in [2.24, 2.45) is 0 Å². The summed E-state index contributed by atoms with van der Waals surface area (Å²) in [7, 11) is 0. The van der Waals surface area contributed by atoms with E-state index in [1.807, 2.05) is 12.1 Å². The minimum absolute atomic E-state index is 0.208. The Labute approximate surface area is 122 Å². The van der Waals surface area contributed by atoms with E-state index in [9.17, 15) is 4.79 Å². The van der Waals surface area contributed by atoms with Gasteiger partial charge in [0.2, 0.25) is 4.96 Å². The standard InChI is InChI=1S/C12H7Cl2N3OS/c13-6-9-5-10(18)17-12(15-9)19-11(16-17)7-1-3-8(14)4-2-7/h1-5H,6H2. The van der Waals surface area contributed by atoms with E-state index in [1.165, 1.54) is 21.9 Å². The monoisotopic (exact) mass is 311 g/mol. The highest BCUT2D eigenvalue weighted by atomic mass is 35.5. The van der Waals surface area contributed by atoms with E-state index in [0.29, 0.717) is 20.7 Å². The van der Waals surface area contributed by atoms with Crippen LogP contribution in [0.1, 0.15) is 5.69 Å². The van der Waals surface area contributed by atoms with Gasteiger partial charge in [-0.15, -0.1) is 11.6 Å². The minimum atomic E-state index is -0.225. The number of alkyl halides is 1. The van der Waals surface area contributed by atoms with E-state index < -0.39 is 0 Å². The van der Waals surface area contributed by atoms with Gasteiger partial charge < -0.3 is 0 Å². The normalized spacial score (nSPS) is 11.1. The number of hydrogen-bond acceptors (Lipinski definition) is 4. The van der Waals surface area contributed by atoms with E-state index in [0.717, 1.165) is 5.56 Å². The maximum Gasteiger partial charge on any atom is 0.275 e. The van der Waals surface area contributed by atoms with Gasteiger partial charge in [-0.25, -0.2) is 4.98 Å². The number of hydrogen-bond donors (Lipinski definition) is 0. The average Bonchev–Trinajstić information content (AvgIpc) is 2.84. The van der Waals surface area contributed by atoms with Crippen molar-refractivity contribution in [1.82, 2.24) is 14.6 Å². The Kier molecular flexibility index (Phi) is 3.26. The first kappa shape index (κ1) is 12.6. The molecule has 0 N–H and O–H groups in total. The van der Waals surface area contributed by atoms with Crippen LogP contribution >= 0.6 is 34.5 Å². The van der Waals surface area contributed by atoms with Crippen LogP contribution in [0.3, 0.4) is 0 Å². The van der Waals surface area contributed by atoms with Gasteiger partial charge in [-0.1, -0.05) is 35.1 Å². The van der Waals surface area contributed by atoms with Crippen molar-refractivity contribution < 1.29 is 0 Å². The molecule has 2 heterocycles. The molecule has 0 aliphatic carbocycles. The number of benzene rings is 1. The summed E-state index contributed by atoms with van der Waals surface area (Å²) < 4.78 is 1.28. The number of fused-ring (bicyclic) bond motifs is 1. The number of rotatable bonds is 2. The third kappa shape index (κ3) is 2.36. The molecule has 0 unspecified atom stereocenters. The van der Waals surface area contributed by atoms with Crippen molar-refractivity contribution in [1.29, 1.82) is 0 Å². The lowest BCUT2D eigenvalue weighted by Crippen LogP contribution is -2.14. The molecule has 0 saturated heterocycles. The highest BCUT2D eigenvalue weighted by Gasteiger charge is 2.10. The number of aromatic nitrogens is 3. The second-order valence-electron chi connectivity index (χ2n) is 3.83. The first-order valence-electron chi connectivity index (χ1n) is 5.39. The fourth-order valence-electron chi connectivity index (χ4n) is 1.63. The van der Waals surface area contributed by atoms with Crippen molar-refractivity contribution in [2.45, 2.75) is 5.88 Å². The molecule has 0 fully saturated rings. The Bertz CT molecular complexity index is 795. The van der Waals surface area contributed by atoms with Crippen molar-refractivity contribution in [3.8, 4) is 10.6 Å². The predicted molar refractivity (Wildman–Crippen MR) is 77.1 cm³/mol. The van der Waals surface area contributed by atoms with Crippen LogP contribution in [0.15, 0.2) is 35.1 Å². The summed E-state index contributed by atoms with van der Waals surface area (Å²) in [4.78, 5) is 16.7. The first-order valence-corrected chi connectivity index (χ1v) is 7.12. The molecule has 0 aliphatic heterocycles. The van der Waals surface area contributed by atoms with Crippen molar-refractivity contribution in [3.05, 3.63) is 51.4 Å². The molecule has 3 rings (SSSR count). The van der Waals surface area contributed by atoms with Crippen LogP contribution < -0.4 is 5.56 Å².